The minimum absolute atomic E-state index is 0.0439. The molecule has 1 aliphatic rings. The van der Waals surface area contributed by atoms with E-state index in [2.05, 4.69) is 26.1 Å². The molecule has 1 saturated heterocycles. The molecule has 1 atom stereocenters. The van der Waals surface area contributed by atoms with Gasteiger partial charge in [-0.1, -0.05) is 11.2 Å². The lowest BCUT2D eigenvalue weighted by Crippen LogP contribution is -2.27. The molecule has 2 aromatic heterocycles. The Kier molecular flexibility index (Phi) is 3.06. The Morgan fingerprint density at radius 1 is 1.33 bits per heavy atom. The highest BCUT2D eigenvalue weighted by Gasteiger charge is 2.29. The Morgan fingerprint density at radius 3 is 2.78 bits per heavy atom. The van der Waals surface area contributed by atoms with Gasteiger partial charge in [-0.25, -0.2) is 0 Å². The van der Waals surface area contributed by atoms with E-state index in [0.29, 0.717) is 11.7 Å². The third-order valence-corrected chi connectivity index (χ3v) is 3.28. The normalized spacial score (nSPS) is 18.1. The zero-order valence-electron chi connectivity index (χ0n) is 10.4. The van der Waals surface area contributed by atoms with Crippen molar-refractivity contribution in [1.82, 2.24) is 20.0 Å². The molecule has 3 rings (SSSR count). The predicted octanol–water partition coefficient (Wildman–Crippen LogP) is 1.96. The highest BCUT2D eigenvalue weighted by Crippen LogP contribution is 2.29. The van der Waals surface area contributed by atoms with E-state index in [-0.39, 0.29) is 6.04 Å². The molecule has 0 bridgehead atoms. The summed E-state index contributed by atoms with van der Waals surface area (Å²) in [5, 5.41) is 3.90. The number of hydrogen-bond donors (Lipinski definition) is 0. The first-order valence-electron chi connectivity index (χ1n) is 6.29. The molecule has 0 aliphatic carbocycles. The van der Waals surface area contributed by atoms with Crippen LogP contribution >= 0.6 is 0 Å². The quantitative estimate of drug-likeness (QED) is 0.826. The second-order valence-electron chi connectivity index (χ2n) is 4.61. The van der Waals surface area contributed by atoms with Crippen LogP contribution in [-0.2, 0) is 0 Å². The molecule has 0 saturated carbocycles. The molecule has 0 aromatic carbocycles. The molecule has 3 heterocycles. The topological polar surface area (TPSA) is 55.1 Å². The fraction of sp³-hybridized carbons (Fsp3) is 0.462. The number of likely N-dealkylation sites (tertiary alicyclic amines) is 1. The summed E-state index contributed by atoms with van der Waals surface area (Å²) < 4.78 is 5.36. The average molecular weight is 244 g/mol. The van der Waals surface area contributed by atoms with Gasteiger partial charge in [0.15, 0.2) is 5.82 Å². The predicted molar refractivity (Wildman–Crippen MR) is 65.9 cm³/mol. The van der Waals surface area contributed by atoms with Gasteiger partial charge in [0.05, 0.1) is 0 Å². The van der Waals surface area contributed by atoms with Crippen molar-refractivity contribution < 1.29 is 4.52 Å². The summed E-state index contributed by atoms with van der Waals surface area (Å²) in [4.78, 5) is 11.0. The number of hydrogen-bond acceptors (Lipinski definition) is 5. The molecule has 2 aromatic rings. The molecule has 1 fully saturated rings. The van der Waals surface area contributed by atoms with E-state index < -0.39 is 0 Å². The van der Waals surface area contributed by atoms with Crippen LogP contribution in [0.5, 0.6) is 0 Å². The van der Waals surface area contributed by atoms with E-state index in [1.165, 1.54) is 12.8 Å². The summed E-state index contributed by atoms with van der Waals surface area (Å²) in [5.41, 5.74) is 1.11. The lowest BCUT2D eigenvalue weighted by Gasteiger charge is -2.24. The molecule has 18 heavy (non-hydrogen) atoms. The average Bonchev–Trinajstić information content (AvgIpc) is 3.04. The third-order valence-electron chi connectivity index (χ3n) is 3.28. The summed E-state index contributed by atoms with van der Waals surface area (Å²) in [6, 6.07) is 4.05. The number of rotatable bonds is 3. The van der Waals surface area contributed by atoms with Crippen LogP contribution in [0.15, 0.2) is 29.0 Å². The van der Waals surface area contributed by atoms with Gasteiger partial charge in [-0.3, -0.25) is 9.88 Å². The monoisotopic (exact) mass is 244 g/mol. The van der Waals surface area contributed by atoms with Gasteiger partial charge in [0.2, 0.25) is 5.89 Å². The Balaban J connectivity index is 1.98. The van der Waals surface area contributed by atoms with Crippen LogP contribution in [-0.4, -0.2) is 33.1 Å². The first-order valence-corrected chi connectivity index (χ1v) is 6.29. The lowest BCUT2D eigenvalue weighted by atomic mass is 10.1. The van der Waals surface area contributed by atoms with Crippen LogP contribution in [0.3, 0.4) is 0 Å². The van der Waals surface area contributed by atoms with Crippen molar-refractivity contribution in [2.75, 3.05) is 13.1 Å². The summed E-state index contributed by atoms with van der Waals surface area (Å²) in [7, 11) is 0. The van der Waals surface area contributed by atoms with Crippen LogP contribution < -0.4 is 0 Å². The van der Waals surface area contributed by atoms with Gasteiger partial charge in [-0.2, -0.15) is 4.98 Å². The Bertz CT molecular complexity index is 505. The fourth-order valence-corrected chi connectivity index (χ4v) is 2.47. The molecule has 94 valence electrons. The number of pyridine rings is 1. The van der Waals surface area contributed by atoms with Crippen molar-refractivity contribution in [2.45, 2.75) is 25.8 Å². The zero-order chi connectivity index (χ0) is 12.4. The lowest BCUT2D eigenvalue weighted by molar-refractivity contribution is 0.224. The van der Waals surface area contributed by atoms with Crippen LogP contribution in [0.2, 0.25) is 0 Å². The number of nitrogens with zero attached hydrogens (tertiary/aromatic N) is 4. The van der Waals surface area contributed by atoms with Gasteiger partial charge >= 0.3 is 0 Å². The van der Waals surface area contributed by atoms with Gasteiger partial charge in [0.1, 0.15) is 6.04 Å². The van der Waals surface area contributed by atoms with Crippen LogP contribution in [0.4, 0.5) is 0 Å². The van der Waals surface area contributed by atoms with E-state index in [9.17, 15) is 0 Å². The molecule has 0 spiro atoms. The maximum atomic E-state index is 5.36. The molecule has 5 heteroatoms. The largest absolute Gasteiger partial charge is 0.337 e. The van der Waals surface area contributed by atoms with E-state index in [1.54, 1.807) is 6.20 Å². The molecular weight excluding hydrogens is 228 g/mol. The highest BCUT2D eigenvalue weighted by atomic mass is 16.5. The highest BCUT2D eigenvalue weighted by molar-refractivity contribution is 5.20. The van der Waals surface area contributed by atoms with Crippen molar-refractivity contribution >= 4 is 0 Å². The van der Waals surface area contributed by atoms with Gasteiger partial charge in [-0.15, -0.1) is 0 Å². The van der Waals surface area contributed by atoms with Gasteiger partial charge in [0.25, 0.3) is 0 Å². The molecule has 0 N–H and O–H groups in total. The number of aryl methyl sites for hydroxylation is 1. The first kappa shape index (κ1) is 11.3. The summed E-state index contributed by atoms with van der Waals surface area (Å²) in [6.45, 7) is 3.99. The van der Waals surface area contributed by atoms with Gasteiger partial charge in [-0.05, 0) is 44.5 Å². The SMILES string of the molecule is Cc1noc([C@@H](c2cccnc2)N2CCCC2)n1. The smallest absolute Gasteiger partial charge is 0.248 e. The minimum Gasteiger partial charge on any atom is -0.337 e. The van der Waals surface area contributed by atoms with Crippen LogP contribution in [0.25, 0.3) is 0 Å². The maximum Gasteiger partial charge on any atom is 0.248 e. The minimum atomic E-state index is 0.0439. The van der Waals surface area contributed by atoms with E-state index >= 15 is 0 Å². The Labute approximate surface area is 106 Å². The Morgan fingerprint density at radius 2 is 2.17 bits per heavy atom. The Hall–Kier alpha value is -1.75. The van der Waals surface area contributed by atoms with Crippen molar-refractivity contribution in [3.63, 3.8) is 0 Å². The first-order chi connectivity index (χ1) is 8.84. The number of aromatic nitrogens is 3. The maximum absolute atomic E-state index is 5.36. The van der Waals surface area contributed by atoms with Crippen molar-refractivity contribution in [3.05, 3.63) is 41.8 Å². The fourth-order valence-electron chi connectivity index (χ4n) is 2.47. The summed E-state index contributed by atoms with van der Waals surface area (Å²) >= 11 is 0. The molecule has 5 nitrogen and oxygen atoms in total. The summed E-state index contributed by atoms with van der Waals surface area (Å²) in [5.74, 6) is 1.35. The standard InChI is InChI=1S/C13H16N4O/c1-10-15-13(18-16-10)12(17-7-2-3-8-17)11-5-4-6-14-9-11/h4-6,9,12H,2-3,7-8H2,1H3/t12-/m1/s1. The molecule has 0 unspecified atom stereocenters. The summed E-state index contributed by atoms with van der Waals surface area (Å²) in [6.07, 6.45) is 6.11. The second kappa shape index (κ2) is 4.86. The van der Waals surface area contributed by atoms with Crippen LogP contribution in [0, 0.1) is 6.92 Å². The zero-order valence-corrected chi connectivity index (χ0v) is 10.4. The van der Waals surface area contributed by atoms with Gasteiger partial charge < -0.3 is 4.52 Å². The van der Waals surface area contributed by atoms with Gasteiger partial charge in [0, 0.05) is 12.4 Å². The molecule has 0 amide bonds. The van der Waals surface area contributed by atoms with Crippen LogP contribution in [0.1, 0.15) is 36.2 Å². The second-order valence-corrected chi connectivity index (χ2v) is 4.61. The third kappa shape index (κ3) is 2.13. The van der Waals surface area contributed by atoms with E-state index in [0.717, 1.165) is 18.7 Å². The molecule has 1 aliphatic heterocycles. The van der Waals surface area contributed by atoms with E-state index in [4.69, 9.17) is 4.52 Å². The van der Waals surface area contributed by atoms with Crippen molar-refractivity contribution in [2.24, 2.45) is 0 Å². The molecular formula is C13H16N4O. The van der Waals surface area contributed by atoms with Crippen molar-refractivity contribution in [1.29, 1.82) is 0 Å². The van der Waals surface area contributed by atoms with E-state index in [1.807, 2.05) is 19.2 Å². The van der Waals surface area contributed by atoms with Crippen molar-refractivity contribution in [3.8, 4) is 0 Å². The molecule has 0 radical (unpaired) electrons.